The summed E-state index contributed by atoms with van der Waals surface area (Å²) >= 11 is 3.73. The molecular weight excluding hydrogens is 631 g/mol. The lowest BCUT2D eigenvalue weighted by Crippen LogP contribution is -2.11. The molecule has 0 N–H and O–H groups in total. The minimum atomic E-state index is 1.13. The molecule has 0 spiro atoms. The van der Waals surface area contributed by atoms with E-state index in [0.717, 1.165) is 17.1 Å². The second kappa shape index (κ2) is 11.5. The van der Waals surface area contributed by atoms with Crippen molar-refractivity contribution in [2.24, 2.45) is 0 Å². The fourth-order valence-electron chi connectivity index (χ4n) is 7.37. The third kappa shape index (κ3) is 4.74. The summed E-state index contributed by atoms with van der Waals surface area (Å²) in [7, 11) is 0. The molecule has 0 aliphatic heterocycles. The van der Waals surface area contributed by atoms with Gasteiger partial charge in [0, 0.05) is 57.3 Å². The van der Waals surface area contributed by atoms with Crippen LogP contribution in [0.15, 0.2) is 176 Å². The van der Waals surface area contributed by atoms with Gasteiger partial charge in [-0.3, -0.25) is 0 Å². The van der Waals surface area contributed by atoms with Gasteiger partial charge in [-0.15, -0.1) is 22.7 Å². The molecule has 0 radical (unpaired) electrons. The van der Waals surface area contributed by atoms with Gasteiger partial charge in [0.2, 0.25) is 0 Å². The van der Waals surface area contributed by atoms with Crippen LogP contribution >= 0.6 is 22.7 Å². The van der Waals surface area contributed by atoms with Crippen LogP contribution in [0.1, 0.15) is 0 Å². The van der Waals surface area contributed by atoms with Crippen molar-refractivity contribution in [3.63, 3.8) is 0 Å². The van der Waals surface area contributed by atoms with E-state index in [1.807, 2.05) is 22.7 Å². The SMILES string of the molecule is c1cc(-c2ccc3c(c2)sc2ccccc23)cc(N(c2ccc3c(c2)sc2ccccc23)c2ccccc2-c2cccc3ccccc23)c1. The van der Waals surface area contributed by atoms with Gasteiger partial charge in [-0.25, -0.2) is 0 Å². The van der Waals surface area contributed by atoms with Gasteiger partial charge in [0.1, 0.15) is 0 Å². The number of thiophene rings is 2. The first-order valence-corrected chi connectivity index (χ1v) is 18.2. The molecule has 0 bridgehead atoms. The zero-order chi connectivity index (χ0) is 32.3. The number of rotatable bonds is 5. The molecule has 3 heteroatoms. The Hall–Kier alpha value is -5.74. The summed E-state index contributed by atoms with van der Waals surface area (Å²) in [5.41, 5.74) is 8.28. The van der Waals surface area contributed by atoms with Crippen molar-refractivity contribution in [3.05, 3.63) is 176 Å². The summed E-state index contributed by atoms with van der Waals surface area (Å²) in [4.78, 5) is 2.45. The van der Waals surface area contributed by atoms with Crippen LogP contribution in [-0.4, -0.2) is 0 Å². The van der Waals surface area contributed by atoms with Crippen molar-refractivity contribution in [2.75, 3.05) is 4.90 Å². The largest absolute Gasteiger partial charge is 0.310 e. The molecule has 49 heavy (non-hydrogen) atoms. The highest BCUT2D eigenvalue weighted by molar-refractivity contribution is 7.26. The highest BCUT2D eigenvalue weighted by Crippen LogP contribution is 2.46. The van der Waals surface area contributed by atoms with Crippen molar-refractivity contribution < 1.29 is 0 Å². The van der Waals surface area contributed by atoms with Gasteiger partial charge >= 0.3 is 0 Å². The Morgan fingerprint density at radius 3 is 1.69 bits per heavy atom. The first-order chi connectivity index (χ1) is 24.3. The summed E-state index contributed by atoms with van der Waals surface area (Å²) < 4.78 is 5.25. The van der Waals surface area contributed by atoms with E-state index in [1.165, 1.54) is 73.4 Å². The van der Waals surface area contributed by atoms with E-state index in [9.17, 15) is 0 Å². The molecule has 230 valence electrons. The Bertz CT molecular complexity index is 2850. The summed E-state index contributed by atoms with van der Waals surface area (Å²) in [5, 5.41) is 7.76. The van der Waals surface area contributed by atoms with Crippen LogP contribution in [0.4, 0.5) is 17.1 Å². The maximum absolute atomic E-state index is 2.45. The maximum atomic E-state index is 2.45. The fraction of sp³-hybridized carbons (Fsp3) is 0. The van der Waals surface area contributed by atoms with E-state index >= 15 is 0 Å². The minimum Gasteiger partial charge on any atom is -0.310 e. The molecule has 10 rings (SSSR count). The predicted octanol–water partition coefficient (Wildman–Crippen LogP) is 14.4. The van der Waals surface area contributed by atoms with Crippen LogP contribution in [0.2, 0.25) is 0 Å². The standard InChI is InChI=1S/C46H29NS2/c1-2-15-35-30(11-1)12-10-19-36(35)37-16-3-6-20-42(37)47(34-24-26-41-39-18-5-8-22-44(39)49-46(41)29-34)33-14-9-13-31(27-33)32-23-25-40-38-17-4-7-21-43(38)48-45(40)28-32/h1-29H. The molecule has 10 aromatic rings. The van der Waals surface area contributed by atoms with Crippen LogP contribution < -0.4 is 4.90 Å². The smallest absolute Gasteiger partial charge is 0.0540 e. The third-order valence-corrected chi connectivity index (χ3v) is 11.9. The molecule has 0 saturated heterocycles. The molecular formula is C46H29NS2. The van der Waals surface area contributed by atoms with E-state index < -0.39 is 0 Å². The third-order valence-electron chi connectivity index (χ3n) is 9.66. The van der Waals surface area contributed by atoms with Crippen molar-refractivity contribution in [1.82, 2.24) is 0 Å². The van der Waals surface area contributed by atoms with Crippen molar-refractivity contribution in [3.8, 4) is 22.3 Å². The Morgan fingerprint density at radius 1 is 0.327 bits per heavy atom. The average Bonchev–Trinajstić information content (AvgIpc) is 3.73. The molecule has 8 aromatic carbocycles. The molecule has 0 saturated carbocycles. The first kappa shape index (κ1) is 28.3. The molecule has 1 nitrogen and oxygen atoms in total. The first-order valence-electron chi connectivity index (χ1n) is 16.6. The zero-order valence-corrected chi connectivity index (χ0v) is 28.1. The Kier molecular flexibility index (Phi) is 6.61. The lowest BCUT2D eigenvalue weighted by atomic mass is 9.96. The summed E-state index contributed by atoms with van der Waals surface area (Å²) in [6.07, 6.45) is 0. The van der Waals surface area contributed by atoms with E-state index in [-0.39, 0.29) is 0 Å². The van der Waals surface area contributed by atoms with Crippen LogP contribution in [0.5, 0.6) is 0 Å². The summed E-state index contributed by atoms with van der Waals surface area (Å²) in [6, 6.07) is 64.5. The molecule has 0 unspecified atom stereocenters. The van der Waals surface area contributed by atoms with E-state index in [2.05, 4.69) is 181 Å². The van der Waals surface area contributed by atoms with Gasteiger partial charge in [0.05, 0.1) is 5.69 Å². The number of hydrogen-bond acceptors (Lipinski definition) is 3. The highest BCUT2D eigenvalue weighted by atomic mass is 32.1. The molecule has 0 amide bonds. The van der Waals surface area contributed by atoms with Crippen LogP contribution in [0, 0.1) is 0 Å². The Morgan fingerprint density at radius 2 is 0.878 bits per heavy atom. The monoisotopic (exact) mass is 659 g/mol. The number of fused-ring (bicyclic) bond motifs is 7. The Balaban J connectivity index is 1.18. The van der Waals surface area contributed by atoms with Crippen molar-refractivity contribution in [1.29, 1.82) is 0 Å². The second-order valence-corrected chi connectivity index (χ2v) is 14.7. The normalized spacial score (nSPS) is 11.7. The number of nitrogens with zero attached hydrogens (tertiary/aromatic N) is 1. The van der Waals surface area contributed by atoms with Crippen LogP contribution in [-0.2, 0) is 0 Å². The minimum absolute atomic E-state index is 1.13. The second-order valence-electron chi connectivity index (χ2n) is 12.5. The molecule has 0 aliphatic carbocycles. The summed E-state index contributed by atoms with van der Waals surface area (Å²) in [6.45, 7) is 0. The number of anilines is 3. The topological polar surface area (TPSA) is 3.24 Å². The van der Waals surface area contributed by atoms with E-state index in [4.69, 9.17) is 0 Å². The lowest BCUT2D eigenvalue weighted by molar-refractivity contribution is 1.29. The van der Waals surface area contributed by atoms with E-state index in [0.29, 0.717) is 0 Å². The summed E-state index contributed by atoms with van der Waals surface area (Å²) in [5.74, 6) is 0. The van der Waals surface area contributed by atoms with Gasteiger partial charge in [0.15, 0.2) is 0 Å². The van der Waals surface area contributed by atoms with E-state index in [1.54, 1.807) is 0 Å². The van der Waals surface area contributed by atoms with Gasteiger partial charge in [0.25, 0.3) is 0 Å². The highest BCUT2D eigenvalue weighted by Gasteiger charge is 2.20. The van der Waals surface area contributed by atoms with Crippen LogP contribution in [0.3, 0.4) is 0 Å². The van der Waals surface area contributed by atoms with Crippen molar-refractivity contribution in [2.45, 2.75) is 0 Å². The van der Waals surface area contributed by atoms with Crippen molar-refractivity contribution >= 4 is 90.9 Å². The van der Waals surface area contributed by atoms with Gasteiger partial charge in [-0.05, 0) is 76.0 Å². The lowest BCUT2D eigenvalue weighted by Gasteiger charge is -2.28. The fourth-order valence-corrected chi connectivity index (χ4v) is 9.65. The maximum Gasteiger partial charge on any atom is 0.0540 e. The number of para-hydroxylation sites is 1. The van der Waals surface area contributed by atoms with Gasteiger partial charge in [-0.1, -0.05) is 127 Å². The molecule has 0 fully saturated rings. The average molecular weight is 660 g/mol. The molecule has 0 atom stereocenters. The van der Waals surface area contributed by atoms with Crippen LogP contribution in [0.25, 0.3) is 73.4 Å². The van der Waals surface area contributed by atoms with Gasteiger partial charge in [-0.2, -0.15) is 0 Å². The predicted molar refractivity (Wildman–Crippen MR) is 215 cm³/mol. The molecule has 2 heterocycles. The number of hydrogen-bond donors (Lipinski definition) is 0. The quantitative estimate of drug-likeness (QED) is 0.178. The number of benzene rings is 8. The zero-order valence-electron chi connectivity index (χ0n) is 26.5. The van der Waals surface area contributed by atoms with Gasteiger partial charge < -0.3 is 4.90 Å². The Labute approximate surface area is 292 Å². The molecule has 2 aromatic heterocycles. The molecule has 0 aliphatic rings.